The number of rotatable bonds is 4. The van der Waals surface area contributed by atoms with E-state index in [2.05, 4.69) is 15.9 Å². The van der Waals surface area contributed by atoms with Crippen LogP contribution in [0.3, 0.4) is 0 Å². The minimum Gasteiger partial charge on any atom is -0.493 e. The maximum absolute atomic E-state index is 13.6. The topological polar surface area (TPSA) is 9.23 Å². The van der Waals surface area contributed by atoms with Gasteiger partial charge in [0.15, 0.2) is 0 Å². The first-order valence-corrected chi connectivity index (χ1v) is 8.21. The van der Waals surface area contributed by atoms with Crippen molar-refractivity contribution in [2.45, 2.75) is 18.0 Å². The van der Waals surface area contributed by atoms with Crippen LogP contribution in [0.25, 0.3) is 0 Å². The number of hydrogen-bond acceptors (Lipinski definition) is 1. The van der Waals surface area contributed by atoms with E-state index in [1.807, 2.05) is 0 Å². The zero-order valence-electron chi connectivity index (χ0n) is 11.9. The molecule has 0 heterocycles. The largest absolute Gasteiger partial charge is 0.493 e. The zero-order chi connectivity index (χ0) is 16.7. The molecule has 1 nitrogen and oxygen atoms in total. The van der Waals surface area contributed by atoms with Crippen molar-refractivity contribution in [2.75, 3.05) is 6.61 Å². The standard InChI is InChI=1S/C17H13BrClF3O/c18-13-3-7-15(8-4-13)23-10-12-9-16(12,17(20,21)22)11-1-5-14(19)6-2-11/h1-8,12H,9-10H2/t12-,16-/m0/s1. The lowest BCUT2D eigenvalue weighted by Gasteiger charge is -2.22. The summed E-state index contributed by atoms with van der Waals surface area (Å²) in [5, 5.41) is 0.425. The second-order valence-corrected chi connectivity index (χ2v) is 6.99. The summed E-state index contributed by atoms with van der Waals surface area (Å²) in [6.45, 7) is 0.0315. The Labute approximate surface area is 145 Å². The molecule has 2 aromatic rings. The van der Waals surface area contributed by atoms with Gasteiger partial charge in [0.1, 0.15) is 5.75 Å². The van der Waals surface area contributed by atoms with Crippen molar-refractivity contribution in [2.24, 2.45) is 5.92 Å². The van der Waals surface area contributed by atoms with Crippen LogP contribution in [-0.2, 0) is 5.41 Å². The molecule has 0 bridgehead atoms. The van der Waals surface area contributed by atoms with Gasteiger partial charge in [-0.1, -0.05) is 39.7 Å². The second-order valence-electron chi connectivity index (χ2n) is 5.64. The molecule has 23 heavy (non-hydrogen) atoms. The van der Waals surface area contributed by atoms with Crippen LogP contribution in [0.4, 0.5) is 13.2 Å². The van der Waals surface area contributed by atoms with Crippen molar-refractivity contribution in [3.63, 3.8) is 0 Å². The van der Waals surface area contributed by atoms with E-state index in [1.165, 1.54) is 24.3 Å². The van der Waals surface area contributed by atoms with Gasteiger partial charge in [-0.2, -0.15) is 13.2 Å². The molecule has 0 saturated heterocycles. The van der Waals surface area contributed by atoms with Crippen LogP contribution < -0.4 is 4.74 Å². The molecule has 0 spiro atoms. The quantitative estimate of drug-likeness (QED) is 0.606. The Kier molecular flexibility index (Phi) is 4.36. The molecule has 1 aliphatic carbocycles. The summed E-state index contributed by atoms with van der Waals surface area (Å²) in [6, 6.07) is 12.9. The molecule has 1 fully saturated rings. The molecule has 122 valence electrons. The maximum atomic E-state index is 13.6. The first-order valence-electron chi connectivity index (χ1n) is 7.04. The highest BCUT2D eigenvalue weighted by molar-refractivity contribution is 9.10. The van der Waals surface area contributed by atoms with E-state index in [0.29, 0.717) is 10.8 Å². The fourth-order valence-corrected chi connectivity index (χ4v) is 3.26. The molecular formula is C17H13BrClF3O. The number of ether oxygens (including phenoxy) is 1. The highest BCUT2D eigenvalue weighted by Crippen LogP contribution is 2.63. The third kappa shape index (κ3) is 3.22. The predicted octanol–water partition coefficient (Wildman–Crippen LogP) is 6.00. The highest BCUT2D eigenvalue weighted by atomic mass is 79.9. The van der Waals surface area contributed by atoms with Gasteiger partial charge in [-0.05, 0) is 48.4 Å². The van der Waals surface area contributed by atoms with Gasteiger partial charge >= 0.3 is 6.18 Å². The van der Waals surface area contributed by atoms with E-state index in [-0.39, 0.29) is 18.6 Å². The molecule has 0 N–H and O–H groups in total. The van der Waals surface area contributed by atoms with Crippen molar-refractivity contribution >= 4 is 27.5 Å². The van der Waals surface area contributed by atoms with Crippen LogP contribution in [0.1, 0.15) is 12.0 Å². The molecule has 3 rings (SSSR count). The smallest absolute Gasteiger partial charge is 0.398 e. The summed E-state index contributed by atoms with van der Waals surface area (Å²) in [5.41, 5.74) is -1.58. The lowest BCUT2D eigenvalue weighted by molar-refractivity contribution is -0.165. The summed E-state index contributed by atoms with van der Waals surface area (Å²) >= 11 is 9.08. The number of alkyl halides is 3. The predicted molar refractivity (Wildman–Crippen MR) is 86.9 cm³/mol. The van der Waals surface area contributed by atoms with Crippen LogP contribution in [0.5, 0.6) is 5.75 Å². The molecule has 0 unspecified atom stereocenters. The van der Waals surface area contributed by atoms with E-state index in [1.54, 1.807) is 24.3 Å². The Balaban J connectivity index is 1.76. The molecule has 1 aliphatic rings. The van der Waals surface area contributed by atoms with Crippen LogP contribution in [0.15, 0.2) is 53.0 Å². The molecule has 1 saturated carbocycles. The van der Waals surface area contributed by atoms with E-state index < -0.39 is 17.5 Å². The first kappa shape index (κ1) is 16.7. The average Bonchev–Trinajstić information content (AvgIpc) is 3.23. The van der Waals surface area contributed by atoms with Crippen molar-refractivity contribution in [3.8, 4) is 5.75 Å². The van der Waals surface area contributed by atoms with Gasteiger partial charge < -0.3 is 4.74 Å². The van der Waals surface area contributed by atoms with E-state index >= 15 is 0 Å². The molecule has 0 amide bonds. The van der Waals surface area contributed by atoms with Gasteiger partial charge in [0.25, 0.3) is 0 Å². The summed E-state index contributed by atoms with van der Waals surface area (Å²) in [7, 11) is 0. The first-order chi connectivity index (χ1) is 10.8. The zero-order valence-corrected chi connectivity index (χ0v) is 14.3. The Hall–Kier alpha value is -1.20. The van der Waals surface area contributed by atoms with Crippen molar-refractivity contribution in [1.82, 2.24) is 0 Å². The van der Waals surface area contributed by atoms with Crippen LogP contribution in [0.2, 0.25) is 5.02 Å². The maximum Gasteiger partial charge on any atom is 0.398 e. The van der Waals surface area contributed by atoms with Crippen LogP contribution >= 0.6 is 27.5 Å². The molecule has 6 heteroatoms. The lowest BCUT2D eigenvalue weighted by atomic mass is 9.92. The molecule has 2 atom stereocenters. The summed E-state index contributed by atoms with van der Waals surface area (Å²) in [6.07, 6.45) is -4.27. The monoisotopic (exact) mass is 404 g/mol. The third-order valence-electron chi connectivity index (χ3n) is 4.24. The molecule has 0 aromatic heterocycles. The van der Waals surface area contributed by atoms with Crippen LogP contribution in [-0.4, -0.2) is 12.8 Å². The summed E-state index contributed by atoms with van der Waals surface area (Å²) < 4.78 is 47.3. The van der Waals surface area contributed by atoms with Crippen LogP contribution in [0, 0.1) is 5.92 Å². The SMILES string of the molecule is FC(F)(F)[C@]1(c2ccc(Cl)cc2)C[C@H]1COc1ccc(Br)cc1. The fourth-order valence-electron chi connectivity index (χ4n) is 2.87. The Morgan fingerprint density at radius 1 is 1.09 bits per heavy atom. The van der Waals surface area contributed by atoms with Gasteiger partial charge in [-0.3, -0.25) is 0 Å². The lowest BCUT2D eigenvalue weighted by Crippen LogP contribution is -2.32. The Morgan fingerprint density at radius 2 is 1.70 bits per heavy atom. The van der Waals surface area contributed by atoms with Gasteiger partial charge in [-0.25, -0.2) is 0 Å². The fraction of sp³-hybridized carbons (Fsp3) is 0.294. The summed E-state index contributed by atoms with van der Waals surface area (Å²) in [5.74, 6) is -0.0281. The van der Waals surface area contributed by atoms with E-state index in [9.17, 15) is 13.2 Å². The minimum absolute atomic E-state index is 0.0315. The van der Waals surface area contributed by atoms with E-state index in [0.717, 1.165) is 4.47 Å². The van der Waals surface area contributed by atoms with Crippen molar-refractivity contribution in [1.29, 1.82) is 0 Å². The number of benzene rings is 2. The molecule has 0 radical (unpaired) electrons. The number of halogens is 5. The Morgan fingerprint density at radius 3 is 2.26 bits per heavy atom. The molecule has 0 aliphatic heterocycles. The number of hydrogen-bond donors (Lipinski definition) is 0. The normalized spacial score (nSPS) is 23.6. The average molecular weight is 406 g/mol. The molecule has 2 aromatic carbocycles. The third-order valence-corrected chi connectivity index (χ3v) is 5.02. The van der Waals surface area contributed by atoms with E-state index in [4.69, 9.17) is 16.3 Å². The van der Waals surface area contributed by atoms with Crippen molar-refractivity contribution in [3.05, 3.63) is 63.6 Å². The second kappa shape index (κ2) is 6.02. The minimum atomic E-state index is -4.31. The Bertz CT molecular complexity index is 684. The van der Waals surface area contributed by atoms with Crippen molar-refractivity contribution < 1.29 is 17.9 Å². The van der Waals surface area contributed by atoms with Gasteiger partial charge in [-0.15, -0.1) is 0 Å². The van der Waals surface area contributed by atoms with Gasteiger partial charge in [0.2, 0.25) is 0 Å². The van der Waals surface area contributed by atoms with Gasteiger partial charge in [0, 0.05) is 15.4 Å². The van der Waals surface area contributed by atoms with Gasteiger partial charge in [0.05, 0.1) is 12.0 Å². The summed E-state index contributed by atoms with van der Waals surface area (Å²) in [4.78, 5) is 0. The highest BCUT2D eigenvalue weighted by Gasteiger charge is 2.71. The molecular weight excluding hydrogens is 393 g/mol.